The average Bonchev–Trinajstić information content (AvgIpc) is 2.85. The van der Waals surface area contributed by atoms with E-state index < -0.39 is 16.1 Å². The van der Waals surface area contributed by atoms with Gasteiger partial charge in [-0.1, -0.05) is 92.8 Å². The van der Waals surface area contributed by atoms with Crippen LogP contribution in [0.3, 0.4) is 0 Å². The molecule has 6 heteroatoms. The number of benzene rings is 2. The normalized spacial score (nSPS) is 13.0. The van der Waals surface area contributed by atoms with Crippen LogP contribution in [-0.2, 0) is 31.4 Å². The first kappa shape index (κ1) is 29.8. The van der Waals surface area contributed by atoms with Crippen LogP contribution in [0.15, 0.2) is 60.7 Å². The lowest BCUT2D eigenvalue weighted by Crippen LogP contribution is -2.15. The Bertz CT molecular complexity index is 809. The molecule has 2 aromatic rings. The lowest BCUT2D eigenvalue weighted by atomic mass is 10.0. The van der Waals surface area contributed by atoms with Crippen molar-refractivity contribution in [3.05, 3.63) is 71.8 Å². The van der Waals surface area contributed by atoms with Crippen LogP contribution in [0.25, 0.3) is 0 Å². The Morgan fingerprint density at radius 2 is 0.857 bits per heavy atom. The molecule has 0 aliphatic heterocycles. The van der Waals surface area contributed by atoms with Crippen molar-refractivity contribution < 1.29 is 18.2 Å². The van der Waals surface area contributed by atoms with Gasteiger partial charge in [0.1, 0.15) is 13.2 Å². The van der Waals surface area contributed by atoms with Gasteiger partial charge in [-0.2, -0.15) is 0 Å². The second-order valence-corrected chi connectivity index (χ2v) is 14.6. The zero-order chi connectivity index (χ0) is 25.6. The van der Waals surface area contributed by atoms with Gasteiger partial charge in [0.25, 0.3) is 0 Å². The SMILES string of the molecule is CC(C)(CCCCCCCCCC(C)(C)[P+](=O)OCc1ccccc1)[P+](=O)OCc1ccccc1. The fourth-order valence-corrected chi connectivity index (χ4v) is 5.86. The maximum Gasteiger partial charge on any atom is 0.514 e. The zero-order valence-corrected chi connectivity index (χ0v) is 23.9. The predicted octanol–water partition coefficient (Wildman–Crippen LogP) is 9.97. The lowest BCUT2D eigenvalue weighted by Gasteiger charge is -2.13. The molecule has 0 bridgehead atoms. The highest BCUT2D eigenvalue weighted by atomic mass is 31.1. The summed E-state index contributed by atoms with van der Waals surface area (Å²) in [6.07, 6.45) is 9.94. The molecule has 0 saturated heterocycles. The highest BCUT2D eigenvalue weighted by Crippen LogP contribution is 2.45. The Morgan fingerprint density at radius 1 is 0.543 bits per heavy atom. The van der Waals surface area contributed by atoms with Crippen molar-refractivity contribution in [2.75, 3.05) is 0 Å². The minimum absolute atomic E-state index is 0.297. The van der Waals surface area contributed by atoms with Gasteiger partial charge in [0.05, 0.1) is 0 Å². The van der Waals surface area contributed by atoms with E-state index >= 15 is 0 Å². The van der Waals surface area contributed by atoms with Crippen LogP contribution in [0.4, 0.5) is 0 Å². The minimum atomic E-state index is -1.70. The summed E-state index contributed by atoms with van der Waals surface area (Å²) in [7, 11) is -3.39. The molecule has 2 unspecified atom stereocenters. The number of hydrogen-bond acceptors (Lipinski definition) is 4. The molecule has 35 heavy (non-hydrogen) atoms. The Labute approximate surface area is 215 Å². The lowest BCUT2D eigenvalue weighted by molar-refractivity contribution is 0.299. The molecule has 0 fully saturated rings. The summed E-state index contributed by atoms with van der Waals surface area (Å²) < 4.78 is 36.6. The molecular weight excluding hydrogens is 474 g/mol. The first-order valence-electron chi connectivity index (χ1n) is 13.0. The molecule has 2 aromatic carbocycles. The molecule has 0 saturated carbocycles. The second-order valence-electron chi connectivity index (χ2n) is 10.6. The topological polar surface area (TPSA) is 52.6 Å². The maximum atomic E-state index is 12.6. The Balaban J connectivity index is 1.50. The average molecular weight is 519 g/mol. The van der Waals surface area contributed by atoms with Crippen LogP contribution < -0.4 is 0 Å². The molecule has 0 radical (unpaired) electrons. The van der Waals surface area contributed by atoms with Crippen LogP contribution in [0, 0.1) is 0 Å². The van der Waals surface area contributed by atoms with Crippen LogP contribution in [0.2, 0.25) is 0 Å². The predicted molar refractivity (Wildman–Crippen MR) is 147 cm³/mol. The summed E-state index contributed by atoms with van der Waals surface area (Å²) in [6.45, 7) is 9.01. The summed E-state index contributed by atoms with van der Waals surface area (Å²) in [6, 6.07) is 19.8. The standard InChI is InChI=1S/C29H44O4P2/c1-28(2,34(30)32-24-26-18-12-10-13-19-26)22-16-8-6-5-7-9-17-23-29(3,4)35(31)33-25-27-20-14-11-15-21-27/h10-15,18-21H,5-9,16-17,22-25H2,1-4H3/q+2. The van der Waals surface area contributed by atoms with Gasteiger partial charge in [-0.3, -0.25) is 0 Å². The zero-order valence-electron chi connectivity index (χ0n) is 22.1. The smallest absolute Gasteiger partial charge is 0.141 e. The van der Waals surface area contributed by atoms with Crippen LogP contribution in [-0.4, -0.2) is 10.3 Å². The van der Waals surface area contributed by atoms with Crippen LogP contribution in [0.5, 0.6) is 0 Å². The number of hydrogen-bond donors (Lipinski definition) is 0. The highest BCUT2D eigenvalue weighted by molar-refractivity contribution is 7.41. The summed E-state index contributed by atoms with van der Waals surface area (Å²) in [5, 5.41) is -0.593. The summed E-state index contributed by atoms with van der Waals surface area (Å²) in [4.78, 5) is 0. The van der Waals surface area contributed by atoms with E-state index in [1.807, 2.05) is 88.4 Å². The van der Waals surface area contributed by atoms with E-state index in [1.54, 1.807) is 0 Å². The second kappa shape index (κ2) is 15.6. The number of rotatable bonds is 18. The van der Waals surface area contributed by atoms with E-state index in [1.165, 1.54) is 19.3 Å². The molecule has 2 rings (SSSR count). The molecule has 2 atom stereocenters. The fourth-order valence-electron chi connectivity index (χ4n) is 3.95. The Hall–Kier alpha value is -1.44. The molecular formula is C29H44O4P2+2. The summed E-state index contributed by atoms with van der Waals surface area (Å²) in [5.41, 5.74) is 2.11. The van der Waals surface area contributed by atoms with Crippen molar-refractivity contribution in [1.29, 1.82) is 0 Å². The first-order valence-corrected chi connectivity index (χ1v) is 15.3. The van der Waals surface area contributed by atoms with Crippen LogP contribution in [0.1, 0.15) is 96.6 Å². The third kappa shape index (κ3) is 11.9. The summed E-state index contributed by atoms with van der Waals surface area (Å²) in [5.74, 6) is 0. The van der Waals surface area contributed by atoms with Gasteiger partial charge in [-0.05, 0) is 73.6 Å². The molecule has 0 aliphatic carbocycles. The molecule has 0 aromatic heterocycles. The molecule has 4 nitrogen and oxygen atoms in total. The first-order chi connectivity index (χ1) is 16.7. The van der Waals surface area contributed by atoms with Gasteiger partial charge in [-0.15, -0.1) is 9.05 Å². The molecule has 0 N–H and O–H groups in total. The molecule has 0 spiro atoms. The van der Waals surface area contributed by atoms with Crippen molar-refractivity contribution >= 4 is 16.1 Å². The van der Waals surface area contributed by atoms with Gasteiger partial charge in [0, 0.05) is 0 Å². The Morgan fingerprint density at radius 3 is 1.20 bits per heavy atom. The Kier molecular flexibility index (Phi) is 13.3. The van der Waals surface area contributed by atoms with Gasteiger partial charge in [0.15, 0.2) is 10.3 Å². The van der Waals surface area contributed by atoms with Gasteiger partial charge in [0.2, 0.25) is 0 Å². The third-order valence-electron chi connectivity index (χ3n) is 6.45. The fraction of sp³-hybridized carbons (Fsp3) is 0.586. The highest BCUT2D eigenvalue weighted by Gasteiger charge is 2.42. The van der Waals surface area contributed by atoms with Crippen molar-refractivity contribution in [2.24, 2.45) is 0 Å². The van der Waals surface area contributed by atoms with E-state index in [-0.39, 0.29) is 10.3 Å². The minimum Gasteiger partial charge on any atom is -0.141 e. The third-order valence-corrected chi connectivity index (χ3v) is 9.60. The van der Waals surface area contributed by atoms with E-state index in [0.29, 0.717) is 13.2 Å². The largest absolute Gasteiger partial charge is 0.514 e. The van der Waals surface area contributed by atoms with Crippen molar-refractivity contribution in [3.8, 4) is 0 Å². The van der Waals surface area contributed by atoms with Gasteiger partial charge in [-0.25, -0.2) is 0 Å². The van der Waals surface area contributed by atoms with Crippen molar-refractivity contribution in [3.63, 3.8) is 0 Å². The molecule has 0 aliphatic rings. The van der Waals surface area contributed by atoms with Gasteiger partial charge < -0.3 is 0 Å². The van der Waals surface area contributed by atoms with Crippen molar-refractivity contribution in [1.82, 2.24) is 0 Å². The quantitative estimate of drug-likeness (QED) is 0.146. The van der Waals surface area contributed by atoms with E-state index in [2.05, 4.69) is 0 Å². The molecule has 0 heterocycles. The van der Waals surface area contributed by atoms with E-state index in [9.17, 15) is 9.13 Å². The van der Waals surface area contributed by atoms with Crippen molar-refractivity contribution in [2.45, 2.75) is 109 Å². The van der Waals surface area contributed by atoms with Gasteiger partial charge >= 0.3 is 16.1 Å². The number of unbranched alkanes of at least 4 members (excludes halogenated alkanes) is 6. The van der Waals surface area contributed by atoms with Crippen LogP contribution >= 0.6 is 16.1 Å². The maximum absolute atomic E-state index is 12.6. The van der Waals surface area contributed by atoms with E-state index in [4.69, 9.17) is 9.05 Å². The molecule has 192 valence electrons. The molecule has 0 amide bonds. The van der Waals surface area contributed by atoms with E-state index in [0.717, 1.165) is 49.7 Å². The summed E-state index contributed by atoms with van der Waals surface area (Å²) >= 11 is 0. The monoisotopic (exact) mass is 518 g/mol.